The fourth-order valence-corrected chi connectivity index (χ4v) is 2.85. The molecule has 30 heavy (non-hydrogen) atoms. The summed E-state index contributed by atoms with van der Waals surface area (Å²) in [7, 11) is 0. The molecule has 2 aromatic rings. The standard InChI is InChI=1S/C23H27FN2O4/c1-14(2)21(26-22(28)18-7-5-6-15(3)12-18)23(29)30-13-20(27)25-16(4)17-8-10-19(24)11-9-17/h5-12,14,16,21H,13H2,1-4H3,(H,25,27)(H,26,28)/t16?,21-/m0/s1. The third-order valence-corrected chi connectivity index (χ3v) is 4.58. The Morgan fingerprint density at radius 1 is 1.00 bits per heavy atom. The highest BCUT2D eigenvalue weighted by Gasteiger charge is 2.27. The molecule has 0 fully saturated rings. The Morgan fingerprint density at radius 3 is 2.27 bits per heavy atom. The van der Waals surface area contributed by atoms with Crippen LogP contribution in [0.5, 0.6) is 0 Å². The quantitative estimate of drug-likeness (QED) is 0.649. The molecule has 0 aliphatic heterocycles. The highest BCUT2D eigenvalue weighted by atomic mass is 19.1. The molecule has 2 aromatic carbocycles. The number of nitrogens with one attached hydrogen (secondary N) is 2. The monoisotopic (exact) mass is 414 g/mol. The second kappa shape index (κ2) is 10.5. The SMILES string of the molecule is Cc1cccc(C(=O)N[C@H](C(=O)OCC(=O)NC(C)c2ccc(F)cc2)C(C)C)c1. The van der Waals surface area contributed by atoms with Crippen molar-refractivity contribution in [1.82, 2.24) is 10.6 Å². The fraction of sp³-hybridized carbons (Fsp3) is 0.348. The summed E-state index contributed by atoms with van der Waals surface area (Å²) < 4.78 is 18.1. The molecular weight excluding hydrogens is 387 g/mol. The van der Waals surface area contributed by atoms with E-state index in [1.165, 1.54) is 12.1 Å². The van der Waals surface area contributed by atoms with Gasteiger partial charge >= 0.3 is 5.97 Å². The third-order valence-electron chi connectivity index (χ3n) is 4.58. The minimum atomic E-state index is -0.889. The second-order valence-corrected chi connectivity index (χ2v) is 7.51. The molecule has 7 heteroatoms. The van der Waals surface area contributed by atoms with Crippen LogP contribution in [0.15, 0.2) is 48.5 Å². The van der Waals surface area contributed by atoms with Crippen molar-refractivity contribution in [2.24, 2.45) is 5.92 Å². The van der Waals surface area contributed by atoms with Gasteiger partial charge < -0.3 is 15.4 Å². The number of carbonyl (C=O) groups excluding carboxylic acids is 3. The number of rotatable bonds is 8. The van der Waals surface area contributed by atoms with Gasteiger partial charge in [0.05, 0.1) is 6.04 Å². The molecular formula is C23H27FN2O4. The van der Waals surface area contributed by atoms with Gasteiger partial charge in [0.25, 0.3) is 11.8 Å². The van der Waals surface area contributed by atoms with Crippen LogP contribution in [-0.4, -0.2) is 30.4 Å². The van der Waals surface area contributed by atoms with Crippen LogP contribution >= 0.6 is 0 Å². The lowest BCUT2D eigenvalue weighted by molar-refractivity contribution is -0.151. The largest absolute Gasteiger partial charge is 0.454 e. The summed E-state index contributed by atoms with van der Waals surface area (Å²) in [6, 6.07) is 11.5. The van der Waals surface area contributed by atoms with Crippen LogP contribution in [0.2, 0.25) is 0 Å². The van der Waals surface area contributed by atoms with Crippen molar-refractivity contribution in [3.05, 3.63) is 71.0 Å². The minimum absolute atomic E-state index is 0.229. The summed E-state index contributed by atoms with van der Waals surface area (Å²) in [5, 5.41) is 5.36. The van der Waals surface area contributed by atoms with Crippen molar-refractivity contribution in [2.75, 3.05) is 6.61 Å². The maximum absolute atomic E-state index is 13.0. The summed E-state index contributed by atoms with van der Waals surface area (Å²) in [5.74, 6) is -2.15. The van der Waals surface area contributed by atoms with Gasteiger partial charge in [0.2, 0.25) is 0 Å². The van der Waals surface area contributed by atoms with Gasteiger partial charge in [-0.3, -0.25) is 9.59 Å². The number of hydrogen-bond donors (Lipinski definition) is 2. The summed E-state index contributed by atoms with van der Waals surface area (Å²) in [5.41, 5.74) is 2.10. The lowest BCUT2D eigenvalue weighted by atomic mass is 10.0. The van der Waals surface area contributed by atoms with Gasteiger partial charge in [0, 0.05) is 5.56 Å². The summed E-state index contributed by atoms with van der Waals surface area (Å²) in [4.78, 5) is 37.0. The van der Waals surface area contributed by atoms with E-state index in [-0.39, 0.29) is 23.7 Å². The Bertz CT molecular complexity index is 896. The maximum Gasteiger partial charge on any atom is 0.329 e. The summed E-state index contributed by atoms with van der Waals surface area (Å²) in [6.45, 7) is 6.69. The van der Waals surface area contributed by atoms with Crippen molar-refractivity contribution in [1.29, 1.82) is 0 Å². The average molecular weight is 414 g/mol. The Kier molecular flexibility index (Phi) is 8.09. The highest BCUT2D eigenvalue weighted by Crippen LogP contribution is 2.13. The zero-order valence-electron chi connectivity index (χ0n) is 17.6. The van der Waals surface area contributed by atoms with Gasteiger partial charge in [-0.15, -0.1) is 0 Å². The van der Waals surface area contributed by atoms with Crippen LogP contribution in [0.1, 0.15) is 48.3 Å². The van der Waals surface area contributed by atoms with Crippen LogP contribution in [-0.2, 0) is 14.3 Å². The zero-order valence-corrected chi connectivity index (χ0v) is 17.6. The van der Waals surface area contributed by atoms with E-state index in [4.69, 9.17) is 4.74 Å². The molecule has 6 nitrogen and oxygen atoms in total. The predicted molar refractivity (Wildman–Crippen MR) is 111 cm³/mol. The number of halogens is 1. The van der Waals surface area contributed by atoms with Crippen molar-refractivity contribution in [3.63, 3.8) is 0 Å². The first-order valence-electron chi connectivity index (χ1n) is 9.76. The topological polar surface area (TPSA) is 84.5 Å². The molecule has 0 aliphatic rings. The first-order chi connectivity index (χ1) is 14.2. The van der Waals surface area contributed by atoms with Crippen molar-refractivity contribution < 1.29 is 23.5 Å². The van der Waals surface area contributed by atoms with E-state index < -0.39 is 24.5 Å². The molecule has 0 saturated carbocycles. The van der Waals surface area contributed by atoms with E-state index in [1.807, 2.05) is 13.0 Å². The molecule has 0 aliphatic carbocycles. The summed E-state index contributed by atoms with van der Waals surface area (Å²) in [6.07, 6.45) is 0. The highest BCUT2D eigenvalue weighted by molar-refractivity contribution is 5.97. The zero-order chi connectivity index (χ0) is 22.3. The smallest absolute Gasteiger partial charge is 0.329 e. The lowest BCUT2D eigenvalue weighted by Crippen LogP contribution is -2.46. The molecule has 0 radical (unpaired) electrons. The Morgan fingerprint density at radius 2 is 1.67 bits per heavy atom. The molecule has 160 valence electrons. The van der Waals surface area contributed by atoms with E-state index >= 15 is 0 Å². The number of ether oxygens (including phenoxy) is 1. The van der Waals surface area contributed by atoms with Gasteiger partial charge in [-0.05, 0) is 49.6 Å². The van der Waals surface area contributed by atoms with E-state index in [2.05, 4.69) is 10.6 Å². The predicted octanol–water partition coefficient (Wildman–Crippen LogP) is 3.31. The molecule has 0 saturated heterocycles. The Balaban J connectivity index is 1.90. The third kappa shape index (κ3) is 6.69. The van der Waals surface area contributed by atoms with Gasteiger partial charge in [-0.1, -0.05) is 43.7 Å². The van der Waals surface area contributed by atoms with Crippen LogP contribution in [0.25, 0.3) is 0 Å². The van der Waals surface area contributed by atoms with Crippen molar-refractivity contribution in [3.8, 4) is 0 Å². The van der Waals surface area contributed by atoms with E-state index in [0.29, 0.717) is 5.56 Å². The van der Waals surface area contributed by atoms with Gasteiger partial charge in [0.15, 0.2) is 6.61 Å². The molecule has 0 bridgehead atoms. The molecule has 2 amide bonds. The van der Waals surface area contributed by atoms with Gasteiger partial charge in [-0.2, -0.15) is 0 Å². The van der Waals surface area contributed by atoms with Crippen LogP contribution < -0.4 is 10.6 Å². The second-order valence-electron chi connectivity index (χ2n) is 7.51. The Hall–Kier alpha value is -3.22. The summed E-state index contributed by atoms with van der Waals surface area (Å²) >= 11 is 0. The molecule has 1 unspecified atom stereocenters. The number of carbonyl (C=O) groups is 3. The molecule has 0 heterocycles. The van der Waals surface area contributed by atoms with E-state index in [1.54, 1.807) is 51.1 Å². The fourth-order valence-electron chi connectivity index (χ4n) is 2.85. The van der Waals surface area contributed by atoms with Crippen molar-refractivity contribution >= 4 is 17.8 Å². The van der Waals surface area contributed by atoms with Crippen LogP contribution in [0.3, 0.4) is 0 Å². The molecule has 0 aromatic heterocycles. The molecule has 0 spiro atoms. The van der Waals surface area contributed by atoms with Gasteiger partial charge in [0.1, 0.15) is 11.9 Å². The first kappa shape index (κ1) is 23.1. The van der Waals surface area contributed by atoms with E-state index in [0.717, 1.165) is 11.1 Å². The van der Waals surface area contributed by atoms with Crippen molar-refractivity contribution in [2.45, 2.75) is 39.8 Å². The molecule has 2 atom stereocenters. The van der Waals surface area contributed by atoms with Crippen LogP contribution in [0.4, 0.5) is 4.39 Å². The number of amides is 2. The normalized spacial score (nSPS) is 12.7. The van der Waals surface area contributed by atoms with Crippen LogP contribution in [0, 0.1) is 18.7 Å². The molecule has 2 rings (SSSR count). The number of aryl methyl sites for hydroxylation is 1. The average Bonchev–Trinajstić information content (AvgIpc) is 2.70. The Labute approximate surface area is 175 Å². The number of hydrogen-bond acceptors (Lipinski definition) is 4. The number of benzene rings is 2. The lowest BCUT2D eigenvalue weighted by Gasteiger charge is -2.21. The van der Waals surface area contributed by atoms with Gasteiger partial charge in [-0.25, -0.2) is 9.18 Å². The maximum atomic E-state index is 13.0. The molecule has 2 N–H and O–H groups in total. The first-order valence-corrected chi connectivity index (χ1v) is 9.76. The van der Waals surface area contributed by atoms with E-state index in [9.17, 15) is 18.8 Å². The minimum Gasteiger partial charge on any atom is -0.454 e. The number of esters is 1.